The van der Waals surface area contributed by atoms with Crippen LogP contribution in [0.5, 0.6) is 0 Å². The molecule has 2 saturated heterocycles. The molecule has 3 heteroatoms. The second-order valence-electron chi connectivity index (χ2n) is 5.55. The van der Waals surface area contributed by atoms with Crippen LogP contribution in [0.25, 0.3) is 0 Å². The highest BCUT2D eigenvalue weighted by Gasteiger charge is 2.28. The van der Waals surface area contributed by atoms with Gasteiger partial charge in [-0.1, -0.05) is 23.7 Å². The van der Waals surface area contributed by atoms with Gasteiger partial charge in [-0.25, -0.2) is 0 Å². The highest BCUT2D eigenvalue weighted by molar-refractivity contribution is 6.30. The molecule has 1 aromatic carbocycles. The van der Waals surface area contributed by atoms with E-state index in [4.69, 9.17) is 11.6 Å². The lowest BCUT2D eigenvalue weighted by atomic mass is 10.1. The molecule has 0 N–H and O–H groups in total. The summed E-state index contributed by atoms with van der Waals surface area (Å²) in [6, 6.07) is 9.08. The first-order valence-corrected chi connectivity index (χ1v) is 7.40. The zero-order chi connectivity index (χ0) is 12.4. The van der Waals surface area contributed by atoms with Crippen molar-refractivity contribution in [1.82, 2.24) is 9.80 Å². The molecule has 3 rings (SSSR count). The van der Waals surface area contributed by atoms with Gasteiger partial charge in [0.15, 0.2) is 0 Å². The Hall–Kier alpha value is -0.570. The molecule has 2 aliphatic heterocycles. The molecular weight excluding hydrogens is 244 g/mol. The molecule has 0 bridgehead atoms. The van der Waals surface area contributed by atoms with Crippen LogP contribution >= 0.6 is 11.6 Å². The van der Waals surface area contributed by atoms with Gasteiger partial charge in [0, 0.05) is 24.2 Å². The number of nitrogens with zero attached hydrogens (tertiary/aromatic N) is 2. The number of halogens is 1. The molecule has 2 fully saturated rings. The summed E-state index contributed by atoms with van der Waals surface area (Å²) in [4.78, 5) is 5.28. The van der Waals surface area contributed by atoms with E-state index in [1.165, 1.54) is 51.0 Å². The lowest BCUT2D eigenvalue weighted by Crippen LogP contribution is -2.36. The van der Waals surface area contributed by atoms with E-state index in [0.29, 0.717) is 0 Å². The van der Waals surface area contributed by atoms with Crippen LogP contribution in [0.4, 0.5) is 0 Å². The van der Waals surface area contributed by atoms with Crippen molar-refractivity contribution in [3.8, 4) is 0 Å². The summed E-state index contributed by atoms with van der Waals surface area (Å²) in [5.74, 6) is 0. The number of hydrogen-bond acceptors (Lipinski definition) is 2. The summed E-state index contributed by atoms with van der Waals surface area (Å²) in [6.07, 6.45) is 4.07. The van der Waals surface area contributed by atoms with Crippen molar-refractivity contribution < 1.29 is 0 Å². The van der Waals surface area contributed by atoms with Crippen molar-refractivity contribution in [2.75, 3.05) is 26.2 Å². The molecule has 1 aromatic rings. The Labute approximate surface area is 115 Å². The summed E-state index contributed by atoms with van der Waals surface area (Å²) < 4.78 is 0. The number of benzene rings is 1. The first kappa shape index (κ1) is 12.5. The Morgan fingerprint density at radius 1 is 1.17 bits per heavy atom. The highest BCUT2D eigenvalue weighted by Crippen LogP contribution is 2.22. The van der Waals surface area contributed by atoms with E-state index in [1.54, 1.807) is 0 Å². The van der Waals surface area contributed by atoms with Crippen LogP contribution in [0, 0.1) is 0 Å². The monoisotopic (exact) mass is 264 g/mol. The Balaban J connectivity index is 1.65. The number of hydrogen-bond donors (Lipinski definition) is 0. The molecule has 98 valence electrons. The van der Waals surface area contributed by atoms with Crippen LogP contribution in [-0.4, -0.2) is 42.0 Å². The van der Waals surface area contributed by atoms with Gasteiger partial charge in [-0.3, -0.25) is 9.80 Å². The fourth-order valence-electron chi connectivity index (χ4n) is 3.32. The standard InChI is InChI=1S/C15H21ClN2/c16-14-5-1-4-13(10-14)11-17-7-3-9-18-8-2-6-15(18)12-17/h1,4-5,10,15H,2-3,6-9,11-12H2/t15-/m0/s1. The summed E-state index contributed by atoms with van der Waals surface area (Å²) >= 11 is 6.06. The first-order chi connectivity index (χ1) is 8.81. The van der Waals surface area contributed by atoms with Gasteiger partial charge >= 0.3 is 0 Å². The minimum Gasteiger partial charge on any atom is -0.299 e. The van der Waals surface area contributed by atoms with Gasteiger partial charge in [-0.05, 0) is 56.6 Å². The summed E-state index contributed by atoms with van der Waals surface area (Å²) in [7, 11) is 0. The molecule has 2 aliphatic rings. The van der Waals surface area contributed by atoms with E-state index in [0.717, 1.165) is 17.6 Å². The van der Waals surface area contributed by atoms with Gasteiger partial charge in [-0.2, -0.15) is 0 Å². The topological polar surface area (TPSA) is 6.48 Å². The van der Waals surface area contributed by atoms with Crippen molar-refractivity contribution in [3.63, 3.8) is 0 Å². The average Bonchev–Trinajstić information content (AvgIpc) is 2.69. The molecule has 2 nitrogen and oxygen atoms in total. The highest BCUT2D eigenvalue weighted by atomic mass is 35.5. The van der Waals surface area contributed by atoms with Gasteiger partial charge in [0.25, 0.3) is 0 Å². The minimum absolute atomic E-state index is 0.798. The molecule has 2 heterocycles. The maximum absolute atomic E-state index is 6.06. The van der Waals surface area contributed by atoms with Gasteiger partial charge in [0.2, 0.25) is 0 Å². The van der Waals surface area contributed by atoms with Crippen molar-refractivity contribution in [3.05, 3.63) is 34.9 Å². The van der Waals surface area contributed by atoms with Crippen molar-refractivity contribution in [2.45, 2.75) is 31.8 Å². The van der Waals surface area contributed by atoms with Crippen LogP contribution in [-0.2, 0) is 6.54 Å². The molecule has 0 aliphatic carbocycles. The van der Waals surface area contributed by atoms with E-state index < -0.39 is 0 Å². The summed E-state index contributed by atoms with van der Waals surface area (Å²) in [6.45, 7) is 6.10. The van der Waals surface area contributed by atoms with E-state index in [-0.39, 0.29) is 0 Å². The Morgan fingerprint density at radius 3 is 2.94 bits per heavy atom. The SMILES string of the molecule is Clc1cccc(CN2CCCN3CCC[C@H]3C2)c1. The molecule has 18 heavy (non-hydrogen) atoms. The maximum atomic E-state index is 6.06. The lowest BCUT2D eigenvalue weighted by molar-refractivity contribution is 0.215. The average molecular weight is 265 g/mol. The predicted octanol–water partition coefficient (Wildman–Crippen LogP) is 3.01. The third-order valence-electron chi connectivity index (χ3n) is 4.18. The van der Waals surface area contributed by atoms with Crippen LogP contribution in [0.15, 0.2) is 24.3 Å². The van der Waals surface area contributed by atoms with Crippen LogP contribution in [0.3, 0.4) is 0 Å². The Kier molecular flexibility index (Phi) is 3.88. The van der Waals surface area contributed by atoms with E-state index in [2.05, 4.69) is 28.0 Å². The fraction of sp³-hybridized carbons (Fsp3) is 0.600. The molecule has 0 unspecified atom stereocenters. The summed E-state index contributed by atoms with van der Waals surface area (Å²) in [5, 5.41) is 0.852. The normalized spacial score (nSPS) is 25.9. The third kappa shape index (κ3) is 2.87. The molecule has 1 atom stereocenters. The van der Waals surface area contributed by atoms with Crippen molar-refractivity contribution >= 4 is 11.6 Å². The first-order valence-electron chi connectivity index (χ1n) is 7.02. The van der Waals surface area contributed by atoms with Crippen LogP contribution in [0.2, 0.25) is 5.02 Å². The van der Waals surface area contributed by atoms with Crippen LogP contribution in [0.1, 0.15) is 24.8 Å². The zero-order valence-electron chi connectivity index (χ0n) is 10.8. The fourth-order valence-corrected chi connectivity index (χ4v) is 3.53. The quantitative estimate of drug-likeness (QED) is 0.810. The van der Waals surface area contributed by atoms with E-state index >= 15 is 0 Å². The van der Waals surface area contributed by atoms with Gasteiger partial charge in [0.1, 0.15) is 0 Å². The van der Waals surface area contributed by atoms with E-state index in [9.17, 15) is 0 Å². The molecule has 0 radical (unpaired) electrons. The third-order valence-corrected chi connectivity index (χ3v) is 4.42. The second kappa shape index (κ2) is 5.60. The van der Waals surface area contributed by atoms with Crippen LogP contribution < -0.4 is 0 Å². The number of rotatable bonds is 2. The Morgan fingerprint density at radius 2 is 2.06 bits per heavy atom. The van der Waals surface area contributed by atoms with Crippen molar-refractivity contribution in [1.29, 1.82) is 0 Å². The Bertz CT molecular complexity index is 407. The largest absolute Gasteiger partial charge is 0.299 e. The van der Waals surface area contributed by atoms with Crippen molar-refractivity contribution in [2.24, 2.45) is 0 Å². The second-order valence-corrected chi connectivity index (χ2v) is 5.99. The smallest absolute Gasteiger partial charge is 0.0409 e. The molecule has 0 aromatic heterocycles. The number of fused-ring (bicyclic) bond motifs is 1. The summed E-state index contributed by atoms with van der Waals surface area (Å²) in [5.41, 5.74) is 1.34. The van der Waals surface area contributed by atoms with E-state index in [1.807, 2.05) is 6.07 Å². The molecule has 0 saturated carbocycles. The van der Waals surface area contributed by atoms with Gasteiger partial charge in [0.05, 0.1) is 0 Å². The molecule has 0 amide bonds. The maximum Gasteiger partial charge on any atom is 0.0409 e. The lowest BCUT2D eigenvalue weighted by Gasteiger charge is -2.25. The zero-order valence-corrected chi connectivity index (χ0v) is 11.6. The van der Waals surface area contributed by atoms with Gasteiger partial charge in [-0.15, -0.1) is 0 Å². The minimum atomic E-state index is 0.798. The molecule has 0 spiro atoms. The predicted molar refractivity (Wildman–Crippen MR) is 75.9 cm³/mol. The molecular formula is C15H21ClN2. The van der Waals surface area contributed by atoms with Gasteiger partial charge < -0.3 is 0 Å².